The third-order valence-electron chi connectivity index (χ3n) is 3.82. The maximum absolute atomic E-state index is 3.55. The van der Waals surface area contributed by atoms with E-state index >= 15 is 0 Å². The summed E-state index contributed by atoms with van der Waals surface area (Å²) in [5, 5.41) is 3.55. The number of halogens is 1. The molecule has 0 spiro atoms. The summed E-state index contributed by atoms with van der Waals surface area (Å²) in [6.45, 7) is 6.68. The van der Waals surface area contributed by atoms with Gasteiger partial charge in [0.15, 0.2) is 0 Å². The fourth-order valence-electron chi connectivity index (χ4n) is 2.25. The van der Waals surface area contributed by atoms with Gasteiger partial charge < -0.3 is 5.32 Å². The molecule has 1 N–H and O–H groups in total. The number of hydrogen-bond donors (Lipinski definition) is 1. The summed E-state index contributed by atoms with van der Waals surface area (Å²) in [5.74, 6) is 0.631. The van der Waals surface area contributed by atoms with Crippen LogP contribution in [-0.4, -0.2) is 0 Å². The van der Waals surface area contributed by atoms with E-state index in [4.69, 9.17) is 0 Å². The monoisotopic (exact) mass is 331 g/mol. The Kier molecular flexibility index (Phi) is 5.24. The molecule has 1 nitrogen and oxygen atoms in total. The Morgan fingerprint density at radius 3 is 2.30 bits per heavy atom. The van der Waals surface area contributed by atoms with Gasteiger partial charge in [0.25, 0.3) is 0 Å². The molecule has 0 bridgehead atoms. The van der Waals surface area contributed by atoms with Gasteiger partial charge in [-0.05, 0) is 54.7 Å². The van der Waals surface area contributed by atoms with Crippen molar-refractivity contribution in [3.8, 4) is 0 Å². The second-order valence-corrected chi connectivity index (χ2v) is 6.27. The minimum atomic E-state index is 0.293. The molecule has 0 amide bonds. The fourth-order valence-corrected chi connectivity index (χ4v) is 2.67. The molecule has 0 radical (unpaired) electrons. The van der Waals surface area contributed by atoms with Crippen LogP contribution in [0.25, 0.3) is 0 Å². The number of benzene rings is 2. The average molecular weight is 332 g/mol. The lowest BCUT2D eigenvalue weighted by Crippen LogP contribution is -2.06. The summed E-state index contributed by atoms with van der Waals surface area (Å²) in [4.78, 5) is 0. The maximum atomic E-state index is 3.55. The first-order valence-corrected chi connectivity index (χ1v) is 8.01. The molecule has 2 aromatic rings. The summed E-state index contributed by atoms with van der Waals surface area (Å²) in [6, 6.07) is 17.5. The highest BCUT2D eigenvalue weighted by Crippen LogP contribution is 2.24. The zero-order valence-corrected chi connectivity index (χ0v) is 13.9. The molecular weight excluding hydrogens is 310 g/mol. The van der Waals surface area contributed by atoms with Gasteiger partial charge in [-0.1, -0.05) is 54.0 Å². The van der Waals surface area contributed by atoms with E-state index in [0.29, 0.717) is 12.0 Å². The van der Waals surface area contributed by atoms with Gasteiger partial charge >= 0.3 is 0 Å². The topological polar surface area (TPSA) is 12.0 Å². The van der Waals surface area contributed by atoms with Crippen LogP contribution in [0.2, 0.25) is 0 Å². The van der Waals surface area contributed by atoms with Crippen molar-refractivity contribution >= 4 is 21.6 Å². The zero-order chi connectivity index (χ0) is 14.5. The first-order chi connectivity index (χ1) is 9.60. The van der Waals surface area contributed by atoms with E-state index in [9.17, 15) is 0 Å². The second-order valence-electron chi connectivity index (χ2n) is 5.35. The minimum absolute atomic E-state index is 0.293. The van der Waals surface area contributed by atoms with Crippen molar-refractivity contribution in [1.29, 1.82) is 0 Å². The first-order valence-electron chi connectivity index (χ1n) is 7.22. The van der Waals surface area contributed by atoms with Gasteiger partial charge in [-0.15, -0.1) is 0 Å². The molecule has 0 aliphatic heterocycles. The Balaban J connectivity index is 2.06. The molecule has 0 aliphatic rings. The van der Waals surface area contributed by atoms with Gasteiger partial charge in [-0.25, -0.2) is 0 Å². The van der Waals surface area contributed by atoms with Crippen molar-refractivity contribution in [2.45, 2.75) is 39.2 Å². The van der Waals surface area contributed by atoms with E-state index < -0.39 is 0 Å². The smallest absolute Gasteiger partial charge is 0.0486 e. The zero-order valence-electron chi connectivity index (χ0n) is 12.4. The average Bonchev–Trinajstić information content (AvgIpc) is 2.47. The SMILES string of the molecule is CCC(C)c1ccc(NC(C)c2cccc(Br)c2)cc1. The molecule has 2 atom stereocenters. The van der Waals surface area contributed by atoms with Crippen LogP contribution in [0, 0.1) is 0 Å². The lowest BCUT2D eigenvalue weighted by atomic mass is 9.98. The molecule has 2 aromatic carbocycles. The molecule has 0 aromatic heterocycles. The molecule has 2 rings (SSSR count). The van der Waals surface area contributed by atoms with Crippen LogP contribution in [0.1, 0.15) is 50.3 Å². The molecular formula is C18H22BrN. The Labute approximate surface area is 130 Å². The van der Waals surface area contributed by atoms with Crippen LogP contribution >= 0.6 is 15.9 Å². The number of rotatable bonds is 5. The maximum Gasteiger partial charge on any atom is 0.0486 e. The highest BCUT2D eigenvalue weighted by atomic mass is 79.9. The highest BCUT2D eigenvalue weighted by Gasteiger charge is 2.07. The third-order valence-corrected chi connectivity index (χ3v) is 4.32. The van der Waals surface area contributed by atoms with Gasteiger partial charge in [0.05, 0.1) is 0 Å². The number of anilines is 1. The van der Waals surface area contributed by atoms with Crippen molar-refractivity contribution in [2.75, 3.05) is 5.32 Å². The van der Waals surface area contributed by atoms with Gasteiger partial charge in [0, 0.05) is 16.2 Å². The van der Waals surface area contributed by atoms with Gasteiger partial charge in [-0.3, -0.25) is 0 Å². The van der Waals surface area contributed by atoms with E-state index in [0.717, 1.165) is 4.47 Å². The number of nitrogens with one attached hydrogen (secondary N) is 1. The Morgan fingerprint density at radius 1 is 1.00 bits per heavy atom. The van der Waals surface area contributed by atoms with Crippen LogP contribution in [0.5, 0.6) is 0 Å². The van der Waals surface area contributed by atoms with E-state index in [2.05, 4.69) is 90.5 Å². The van der Waals surface area contributed by atoms with Crippen molar-refractivity contribution < 1.29 is 0 Å². The lowest BCUT2D eigenvalue weighted by molar-refractivity contribution is 0.733. The molecule has 2 unspecified atom stereocenters. The van der Waals surface area contributed by atoms with Crippen molar-refractivity contribution in [3.05, 3.63) is 64.1 Å². The molecule has 2 heteroatoms. The quantitative estimate of drug-likeness (QED) is 0.694. The third kappa shape index (κ3) is 3.86. The largest absolute Gasteiger partial charge is 0.379 e. The molecule has 0 aliphatic carbocycles. The van der Waals surface area contributed by atoms with Crippen LogP contribution in [0.3, 0.4) is 0 Å². The van der Waals surface area contributed by atoms with Crippen LogP contribution in [0.15, 0.2) is 53.0 Å². The summed E-state index contributed by atoms with van der Waals surface area (Å²) in [6.07, 6.45) is 1.18. The molecule has 0 fully saturated rings. The molecule has 106 valence electrons. The van der Waals surface area contributed by atoms with E-state index in [1.807, 2.05) is 0 Å². The lowest BCUT2D eigenvalue weighted by Gasteiger charge is -2.17. The normalized spacial score (nSPS) is 13.8. The molecule has 0 saturated heterocycles. The van der Waals surface area contributed by atoms with E-state index in [1.165, 1.54) is 23.2 Å². The summed E-state index contributed by atoms with van der Waals surface area (Å²) in [7, 11) is 0. The second kappa shape index (κ2) is 6.94. The molecule has 20 heavy (non-hydrogen) atoms. The molecule has 0 heterocycles. The minimum Gasteiger partial charge on any atom is -0.379 e. The van der Waals surface area contributed by atoms with Gasteiger partial charge in [0.1, 0.15) is 0 Å². The van der Waals surface area contributed by atoms with E-state index in [-0.39, 0.29) is 0 Å². The summed E-state index contributed by atoms with van der Waals surface area (Å²) < 4.78 is 1.12. The highest BCUT2D eigenvalue weighted by molar-refractivity contribution is 9.10. The predicted molar refractivity (Wildman–Crippen MR) is 91.3 cm³/mol. The van der Waals surface area contributed by atoms with Gasteiger partial charge in [0.2, 0.25) is 0 Å². The predicted octanol–water partition coefficient (Wildman–Crippen LogP) is 6.14. The number of hydrogen-bond acceptors (Lipinski definition) is 1. The fraction of sp³-hybridized carbons (Fsp3) is 0.333. The van der Waals surface area contributed by atoms with Crippen molar-refractivity contribution in [1.82, 2.24) is 0 Å². The van der Waals surface area contributed by atoms with Crippen LogP contribution in [0.4, 0.5) is 5.69 Å². The Hall–Kier alpha value is -1.28. The van der Waals surface area contributed by atoms with Crippen molar-refractivity contribution in [2.24, 2.45) is 0 Å². The van der Waals surface area contributed by atoms with Crippen LogP contribution < -0.4 is 5.32 Å². The van der Waals surface area contributed by atoms with E-state index in [1.54, 1.807) is 0 Å². The summed E-state index contributed by atoms with van der Waals surface area (Å²) >= 11 is 3.52. The van der Waals surface area contributed by atoms with Gasteiger partial charge in [-0.2, -0.15) is 0 Å². The van der Waals surface area contributed by atoms with Crippen LogP contribution in [-0.2, 0) is 0 Å². The Bertz CT molecular complexity index is 548. The summed E-state index contributed by atoms with van der Waals surface area (Å²) in [5.41, 5.74) is 3.86. The Morgan fingerprint density at radius 2 is 1.70 bits per heavy atom. The molecule has 0 saturated carbocycles. The van der Waals surface area contributed by atoms with Crippen molar-refractivity contribution in [3.63, 3.8) is 0 Å². The standard InChI is InChI=1S/C18H22BrN/c1-4-13(2)15-8-10-18(11-9-15)20-14(3)16-6-5-7-17(19)12-16/h5-14,20H,4H2,1-3H3. The first kappa shape index (κ1) is 15.1.